The van der Waals surface area contributed by atoms with Crippen molar-refractivity contribution in [2.45, 2.75) is 90.9 Å². The van der Waals surface area contributed by atoms with E-state index in [1.807, 2.05) is 0 Å². The van der Waals surface area contributed by atoms with Gasteiger partial charge in [0.1, 0.15) is 0 Å². The number of nitrogens with one attached hydrogen (secondary N) is 1. The molecule has 0 unspecified atom stereocenters. The van der Waals surface area contributed by atoms with Gasteiger partial charge in [0.15, 0.2) is 0 Å². The fourth-order valence-electron chi connectivity index (χ4n) is 3.18. The Bertz CT molecular complexity index is 182. The Morgan fingerprint density at radius 2 is 1.44 bits per heavy atom. The lowest BCUT2D eigenvalue weighted by molar-refractivity contribution is 0.208. The Morgan fingerprint density at radius 3 is 2.11 bits per heavy atom. The van der Waals surface area contributed by atoms with Crippen molar-refractivity contribution in [3.63, 3.8) is 0 Å². The second-order valence-corrected chi connectivity index (χ2v) is 6.67. The summed E-state index contributed by atoms with van der Waals surface area (Å²) in [6, 6.07) is 0. The molecule has 1 fully saturated rings. The van der Waals surface area contributed by atoms with Gasteiger partial charge in [0.25, 0.3) is 0 Å². The summed E-state index contributed by atoms with van der Waals surface area (Å²) in [5.41, 5.74) is 0.610. The number of hydrogen-bond donors (Lipinski definition) is 1. The molecule has 0 heterocycles. The summed E-state index contributed by atoms with van der Waals surface area (Å²) in [5.74, 6) is 0. The molecule has 0 aliphatic heterocycles. The molecule has 0 bridgehead atoms. The van der Waals surface area contributed by atoms with Crippen molar-refractivity contribution in [1.29, 1.82) is 0 Å². The molecule has 0 radical (unpaired) electrons. The van der Waals surface area contributed by atoms with Crippen molar-refractivity contribution in [2.75, 3.05) is 13.1 Å². The fraction of sp³-hybridized carbons (Fsp3) is 1.00. The molecule has 1 rings (SSSR count). The molecule has 0 aromatic carbocycles. The molecule has 1 N–H and O–H groups in total. The van der Waals surface area contributed by atoms with Gasteiger partial charge in [-0.15, -0.1) is 0 Å². The van der Waals surface area contributed by atoms with Crippen molar-refractivity contribution in [3.8, 4) is 0 Å². The third-order valence-corrected chi connectivity index (χ3v) is 4.57. The number of unbranched alkanes of at least 4 members (excludes halogenated alkanes) is 6. The van der Waals surface area contributed by atoms with Crippen LogP contribution in [0.4, 0.5) is 0 Å². The maximum Gasteiger partial charge on any atom is 0.000516 e. The van der Waals surface area contributed by atoms with Crippen molar-refractivity contribution < 1.29 is 0 Å². The summed E-state index contributed by atoms with van der Waals surface area (Å²) in [6.07, 6.45) is 17.2. The zero-order valence-corrected chi connectivity index (χ0v) is 12.9. The molecule has 0 spiro atoms. The van der Waals surface area contributed by atoms with Crippen LogP contribution in [0.3, 0.4) is 0 Å². The molecule has 1 aliphatic carbocycles. The van der Waals surface area contributed by atoms with E-state index >= 15 is 0 Å². The molecule has 1 aliphatic rings. The van der Waals surface area contributed by atoms with E-state index in [0.29, 0.717) is 5.41 Å². The lowest BCUT2D eigenvalue weighted by Crippen LogP contribution is -2.34. The van der Waals surface area contributed by atoms with E-state index < -0.39 is 0 Å². The van der Waals surface area contributed by atoms with Crippen molar-refractivity contribution in [3.05, 3.63) is 0 Å². The third kappa shape index (κ3) is 7.41. The minimum absolute atomic E-state index is 0.610. The van der Waals surface area contributed by atoms with Gasteiger partial charge in [0.05, 0.1) is 0 Å². The predicted octanol–water partition coefficient (Wildman–Crippen LogP) is 5.30. The highest BCUT2D eigenvalue weighted by atomic mass is 14.9. The van der Waals surface area contributed by atoms with E-state index in [4.69, 9.17) is 0 Å². The first kappa shape index (κ1) is 16.0. The van der Waals surface area contributed by atoms with Crippen LogP contribution in [0.15, 0.2) is 0 Å². The van der Waals surface area contributed by atoms with Crippen molar-refractivity contribution >= 4 is 0 Å². The van der Waals surface area contributed by atoms with Gasteiger partial charge in [-0.05, 0) is 31.2 Å². The molecular weight excluding hydrogens is 218 g/mol. The van der Waals surface area contributed by atoms with Crippen LogP contribution >= 0.6 is 0 Å². The van der Waals surface area contributed by atoms with Gasteiger partial charge in [-0.1, -0.05) is 71.6 Å². The molecule has 0 aromatic rings. The minimum Gasteiger partial charge on any atom is -0.316 e. The Labute approximate surface area is 115 Å². The monoisotopic (exact) mass is 253 g/mol. The molecule has 0 aromatic heterocycles. The average molecular weight is 253 g/mol. The maximum absolute atomic E-state index is 3.70. The molecule has 18 heavy (non-hydrogen) atoms. The lowest BCUT2D eigenvalue weighted by Gasteiger charge is -2.33. The Morgan fingerprint density at radius 1 is 0.833 bits per heavy atom. The van der Waals surface area contributed by atoms with Crippen LogP contribution in [0.5, 0.6) is 0 Å². The Kier molecular flexibility index (Phi) is 8.75. The van der Waals surface area contributed by atoms with E-state index in [2.05, 4.69) is 19.2 Å². The summed E-state index contributed by atoms with van der Waals surface area (Å²) < 4.78 is 0. The van der Waals surface area contributed by atoms with Crippen LogP contribution in [0.2, 0.25) is 0 Å². The van der Waals surface area contributed by atoms with Gasteiger partial charge < -0.3 is 5.32 Å². The van der Waals surface area contributed by atoms with Crippen molar-refractivity contribution in [2.24, 2.45) is 5.41 Å². The highest BCUT2D eigenvalue weighted by Crippen LogP contribution is 2.34. The van der Waals surface area contributed by atoms with Crippen LogP contribution in [-0.2, 0) is 0 Å². The summed E-state index contributed by atoms with van der Waals surface area (Å²) in [6.45, 7) is 7.26. The minimum atomic E-state index is 0.610. The van der Waals surface area contributed by atoms with Crippen LogP contribution in [0.25, 0.3) is 0 Å². The molecule has 1 saturated carbocycles. The number of rotatable bonds is 10. The highest BCUT2D eigenvalue weighted by molar-refractivity contribution is 4.80. The fourth-order valence-corrected chi connectivity index (χ4v) is 3.18. The van der Waals surface area contributed by atoms with E-state index in [-0.39, 0.29) is 0 Å². The van der Waals surface area contributed by atoms with Gasteiger partial charge in [-0.2, -0.15) is 0 Å². The standard InChI is InChI=1S/C17H35N/c1-3-4-5-6-7-8-12-15-18-16-17(2)13-10-9-11-14-17/h18H,3-16H2,1-2H3. The normalized spacial score (nSPS) is 19.0. The first-order valence-corrected chi connectivity index (χ1v) is 8.47. The van der Waals surface area contributed by atoms with Crippen molar-refractivity contribution in [1.82, 2.24) is 5.32 Å². The van der Waals surface area contributed by atoms with Gasteiger partial charge in [-0.3, -0.25) is 0 Å². The summed E-state index contributed by atoms with van der Waals surface area (Å²) in [5, 5.41) is 3.70. The van der Waals surface area contributed by atoms with Gasteiger partial charge in [0.2, 0.25) is 0 Å². The van der Waals surface area contributed by atoms with E-state index in [1.54, 1.807) is 0 Å². The second-order valence-electron chi connectivity index (χ2n) is 6.67. The van der Waals surface area contributed by atoms with Crippen LogP contribution < -0.4 is 5.32 Å². The summed E-state index contributed by atoms with van der Waals surface area (Å²) in [7, 11) is 0. The molecule has 108 valence electrons. The zero-order valence-electron chi connectivity index (χ0n) is 12.9. The van der Waals surface area contributed by atoms with E-state index in [9.17, 15) is 0 Å². The lowest BCUT2D eigenvalue weighted by atomic mass is 9.76. The van der Waals surface area contributed by atoms with Gasteiger partial charge in [-0.25, -0.2) is 0 Å². The van der Waals surface area contributed by atoms with Gasteiger partial charge >= 0.3 is 0 Å². The molecule has 1 nitrogen and oxygen atoms in total. The largest absolute Gasteiger partial charge is 0.316 e. The zero-order chi connectivity index (χ0) is 13.1. The Balaban J connectivity index is 1.86. The SMILES string of the molecule is CCCCCCCCCNCC1(C)CCCCC1. The molecule has 1 heteroatoms. The first-order valence-electron chi connectivity index (χ1n) is 8.47. The predicted molar refractivity (Wildman–Crippen MR) is 82.1 cm³/mol. The molecule has 0 saturated heterocycles. The van der Waals surface area contributed by atoms with E-state index in [1.165, 1.54) is 90.1 Å². The quantitative estimate of drug-likeness (QED) is 0.521. The smallest absolute Gasteiger partial charge is 0.000516 e. The Hall–Kier alpha value is -0.0400. The van der Waals surface area contributed by atoms with Crippen LogP contribution in [0, 0.1) is 5.41 Å². The second kappa shape index (κ2) is 9.83. The molecular formula is C17H35N. The highest BCUT2D eigenvalue weighted by Gasteiger charge is 2.25. The van der Waals surface area contributed by atoms with Gasteiger partial charge in [0, 0.05) is 6.54 Å². The molecule has 0 atom stereocenters. The van der Waals surface area contributed by atoms with Crippen LogP contribution in [0.1, 0.15) is 90.9 Å². The van der Waals surface area contributed by atoms with E-state index in [0.717, 1.165) is 0 Å². The molecule has 0 amide bonds. The third-order valence-electron chi connectivity index (χ3n) is 4.57. The first-order chi connectivity index (χ1) is 8.77. The van der Waals surface area contributed by atoms with Crippen LogP contribution in [-0.4, -0.2) is 13.1 Å². The maximum atomic E-state index is 3.70. The summed E-state index contributed by atoms with van der Waals surface area (Å²) in [4.78, 5) is 0. The topological polar surface area (TPSA) is 12.0 Å². The number of hydrogen-bond acceptors (Lipinski definition) is 1. The average Bonchev–Trinajstić information content (AvgIpc) is 2.38. The summed E-state index contributed by atoms with van der Waals surface area (Å²) >= 11 is 0.